The van der Waals surface area contributed by atoms with Gasteiger partial charge in [0.05, 0.1) is 11.6 Å². The lowest BCUT2D eigenvalue weighted by Gasteiger charge is -2.24. The monoisotopic (exact) mass is 297 g/mol. The van der Waals surface area contributed by atoms with Crippen LogP contribution in [-0.2, 0) is 9.84 Å². The van der Waals surface area contributed by atoms with Gasteiger partial charge in [0.1, 0.15) is 9.84 Å². The second kappa shape index (κ2) is 7.89. The molecule has 3 N–H and O–H groups in total. The molecule has 0 atom stereocenters. The standard InChI is InChI=1S/C14H23N3O2S/c1-2-20(18,19)12-6-10-17(11-9-14(15)16)13-7-4-3-5-8-13/h3-5,7-8H,2,6,9-12H2,1H3,(H3,15,16). The van der Waals surface area contributed by atoms with Crippen molar-refractivity contribution in [1.82, 2.24) is 0 Å². The molecule has 0 heterocycles. The van der Waals surface area contributed by atoms with Crippen LogP contribution in [0.5, 0.6) is 0 Å². The van der Waals surface area contributed by atoms with Gasteiger partial charge in [0.25, 0.3) is 0 Å². The summed E-state index contributed by atoms with van der Waals surface area (Å²) < 4.78 is 23.0. The van der Waals surface area contributed by atoms with Crippen LogP contribution in [0.25, 0.3) is 0 Å². The van der Waals surface area contributed by atoms with E-state index >= 15 is 0 Å². The molecule has 0 aliphatic carbocycles. The number of para-hydroxylation sites is 1. The Hall–Kier alpha value is -1.56. The molecule has 0 spiro atoms. The van der Waals surface area contributed by atoms with E-state index in [1.165, 1.54) is 0 Å². The first-order valence-electron chi connectivity index (χ1n) is 6.78. The summed E-state index contributed by atoms with van der Waals surface area (Å²) in [6.45, 7) is 2.95. The third-order valence-corrected chi connectivity index (χ3v) is 4.89. The van der Waals surface area contributed by atoms with E-state index in [2.05, 4.69) is 4.90 Å². The maximum atomic E-state index is 11.5. The molecular weight excluding hydrogens is 274 g/mol. The zero-order valence-electron chi connectivity index (χ0n) is 11.9. The highest BCUT2D eigenvalue weighted by Crippen LogP contribution is 2.14. The summed E-state index contributed by atoms with van der Waals surface area (Å²) in [6, 6.07) is 9.79. The van der Waals surface area contributed by atoms with Gasteiger partial charge in [-0.3, -0.25) is 5.41 Å². The van der Waals surface area contributed by atoms with Gasteiger partial charge in [-0.05, 0) is 18.6 Å². The van der Waals surface area contributed by atoms with Crippen LogP contribution in [0.15, 0.2) is 30.3 Å². The van der Waals surface area contributed by atoms with Crippen molar-refractivity contribution in [1.29, 1.82) is 5.41 Å². The van der Waals surface area contributed by atoms with Crippen LogP contribution in [0, 0.1) is 5.41 Å². The lowest BCUT2D eigenvalue weighted by molar-refractivity contribution is 0.593. The molecule has 6 heteroatoms. The molecule has 1 aromatic rings. The molecule has 0 saturated heterocycles. The first-order chi connectivity index (χ1) is 9.44. The first-order valence-corrected chi connectivity index (χ1v) is 8.60. The maximum absolute atomic E-state index is 11.5. The fraction of sp³-hybridized carbons (Fsp3) is 0.500. The van der Waals surface area contributed by atoms with Crippen molar-refractivity contribution in [2.75, 3.05) is 29.5 Å². The zero-order chi connectivity index (χ0) is 15.0. The molecule has 1 aromatic carbocycles. The normalized spacial score (nSPS) is 11.2. The van der Waals surface area contributed by atoms with Crippen molar-refractivity contribution >= 4 is 21.4 Å². The Kier molecular flexibility index (Phi) is 6.51. The van der Waals surface area contributed by atoms with E-state index in [1.54, 1.807) is 6.92 Å². The number of amidine groups is 1. The van der Waals surface area contributed by atoms with E-state index in [9.17, 15) is 8.42 Å². The summed E-state index contributed by atoms with van der Waals surface area (Å²) in [5.74, 6) is 0.533. The number of sulfone groups is 1. The number of anilines is 1. The van der Waals surface area contributed by atoms with E-state index in [1.807, 2.05) is 30.3 Å². The number of nitrogens with one attached hydrogen (secondary N) is 1. The minimum absolute atomic E-state index is 0.145. The van der Waals surface area contributed by atoms with Crippen LogP contribution in [0.4, 0.5) is 5.69 Å². The van der Waals surface area contributed by atoms with Crippen molar-refractivity contribution < 1.29 is 8.42 Å². The molecule has 0 aliphatic rings. The molecule has 1 rings (SSSR count). The highest BCUT2D eigenvalue weighted by atomic mass is 32.2. The summed E-state index contributed by atoms with van der Waals surface area (Å²) in [4.78, 5) is 2.08. The van der Waals surface area contributed by atoms with Gasteiger partial charge in [-0.25, -0.2) is 8.42 Å². The number of hydrogen-bond acceptors (Lipinski definition) is 4. The van der Waals surface area contributed by atoms with Crippen molar-refractivity contribution in [3.63, 3.8) is 0 Å². The highest BCUT2D eigenvalue weighted by Gasteiger charge is 2.10. The summed E-state index contributed by atoms with van der Waals surface area (Å²) in [6.07, 6.45) is 1.07. The van der Waals surface area contributed by atoms with E-state index in [4.69, 9.17) is 11.1 Å². The van der Waals surface area contributed by atoms with Crippen LogP contribution in [0.2, 0.25) is 0 Å². The Morgan fingerprint density at radius 2 is 1.90 bits per heavy atom. The molecule has 112 valence electrons. The number of benzene rings is 1. The highest BCUT2D eigenvalue weighted by molar-refractivity contribution is 7.91. The molecule has 0 aliphatic heterocycles. The van der Waals surface area contributed by atoms with Gasteiger partial charge in [0.15, 0.2) is 0 Å². The fourth-order valence-electron chi connectivity index (χ4n) is 1.88. The minimum Gasteiger partial charge on any atom is -0.388 e. The predicted molar refractivity (Wildman–Crippen MR) is 84.1 cm³/mol. The molecule has 5 nitrogen and oxygen atoms in total. The predicted octanol–water partition coefficient (Wildman–Crippen LogP) is 1.64. The zero-order valence-corrected chi connectivity index (χ0v) is 12.7. The second-order valence-electron chi connectivity index (χ2n) is 4.69. The Morgan fingerprint density at radius 1 is 1.25 bits per heavy atom. The van der Waals surface area contributed by atoms with Crippen molar-refractivity contribution in [2.24, 2.45) is 5.73 Å². The summed E-state index contributed by atoms with van der Waals surface area (Å²) in [7, 11) is -2.92. The number of rotatable bonds is 9. The largest absolute Gasteiger partial charge is 0.388 e. The third-order valence-electron chi connectivity index (χ3n) is 3.10. The summed E-state index contributed by atoms with van der Waals surface area (Å²) in [5.41, 5.74) is 6.43. The Morgan fingerprint density at radius 3 is 2.45 bits per heavy atom. The maximum Gasteiger partial charge on any atom is 0.150 e. The van der Waals surface area contributed by atoms with Gasteiger partial charge >= 0.3 is 0 Å². The van der Waals surface area contributed by atoms with Crippen LogP contribution in [0.1, 0.15) is 19.8 Å². The van der Waals surface area contributed by atoms with Gasteiger partial charge in [0, 0.05) is 31.0 Å². The third kappa shape index (κ3) is 6.06. The van der Waals surface area contributed by atoms with Crippen LogP contribution < -0.4 is 10.6 Å². The topological polar surface area (TPSA) is 87.2 Å². The Bertz CT molecular complexity index is 514. The van der Waals surface area contributed by atoms with Crippen molar-refractivity contribution in [2.45, 2.75) is 19.8 Å². The Labute approximate surface area is 121 Å². The van der Waals surface area contributed by atoms with Gasteiger partial charge in [-0.1, -0.05) is 25.1 Å². The van der Waals surface area contributed by atoms with E-state index in [-0.39, 0.29) is 17.3 Å². The lowest BCUT2D eigenvalue weighted by Crippen LogP contribution is -2.30. The van der Waals surface area contributed by atoms with Crippen LogP contribution in [0.3, 0.4) is 0 Å². The molecule has 0 radical (unpaired) electrons. The number of hydrogen-bond donors (Lipinski definition) is 2. The summed E-state index contributed by atoms with van der Waals surface area (Å²) >= 11 is 0. The molecule has 0 fully saturated rings. The molecule has 20 heavy (non-hydrogen) atoms. The number of nitrogens with two attached hydrogens (primary N) is 1. The van der Waals surface area contributed by atoms with Crippen LogP contribution in [-0.4, -0.2) is 38.8 Å². The van der Waals surface area contributed by atoms with Crippen molar-refractivity contribution in [3.8, 4) is 0 Å². The quantitative estimate of drug-likeness (QED) is 0.536. The average molecular weight is 297 g/mol. The van der Waals surface area contributed by atoms with E-state index < -0.39 is 9.84 Å². The van der Waals surface area contributed by atoms with E-state index in [0.717, 1.165) is 5.69 Å². The average Bonchev–Trinajstić information content (AvgIpc) is 2.43. The first kappa shape index (κ1) is 16.5. The minimum atomic E-state index is -2.92. The Balaban J connectivity index is 2.62. The van der Waals surface area contributed by atoms with Gasteiger partial charge in [0.2, 0.25) is 0 Å². The van der Waals surface area contributed by atoms with Crippen molar-refractivity contribution in [3.05, 3.63) is 30.3 Å². The summed E-state index contributed by atoms with van der Waals surface area (Å²) in [5, 5.41) is 7.31. The molecular formula is C14H23N3O2S. The molecule has 0 aromatic heterocycles. The lowest BCUT2D eigenvalue weighted by atomic mass is 10.2. The van der Waals surface area contributed by atoms with Gasteiger partial charge in [-0.2, -0.15) is 0 Å². The van der Waals surface area contributed by atoms with E-state index in [0.29, 0.717) is 25.9 Å². The smallest absolute Gasteiger partial charge is 0.150 e. The number of nitrogens with zero attached hydrogens (tertiary/aromatic N) is 1. The van der Waals surface area contributed by atoms with Gasteiger partial charge < -0.3 is 10.6 Å². The van der Waals surface area contributed by atoms with Crippen LogP contribution >= 0.6 is 0 Å². The molecule has 0 amide bonds. The second-order valence-corrected chi connectivity index (χ2v) is 7.16. The molecule has 0 unspecified atom stereocenters. The fourth-order valence-corrected chi connectivity index (χ4v) is 2.74. The SMILES string of the molecule is CCS(=O)(=O)CCCN(CCC(=N)N)c1ccccc1. The van der Waals surface area contributed by atoms with Gasteiger partial charge in [-0.15, -0.1) is 0 Å². The molecule has 0 bridgehead atoms. The molecule has 0 saturated carbocycles.